The minimum atomic E-state index is 0. The Labute approximate surface area is 199 Å². The minimum absolute atomic E-state index is 0. The number of hydrogen-bond donors (Lipinski definition) is 2. The van der Waals surface area contributed by atoms with E-state index < -0.39 is 0 Å². The molecule has 3 rings (SSSR count). The fourth-order valence-corrected chi connectivity index (χ4v) is 3.85. The number of piperazine rings is 1. The first kappa shape index (κ1) is 25.2. The number of ether oxygens (including phenoxy) is 1. The number of rotatable bonds is 9. The maximum atomic E-state index is 5.40. The Hall–Kier alpha value is -1.10. The summed E-state index contributed by atoms with van der Waals surface area (Å²) < 4.78 is 5.40. The van der Waals surface area contributed by atoms with Crippen molar-refractivity contribution in [3.8, 4) is 0 Å². The fourth-order valence-electron chi connectivity index (χ4n) is 3.85. The Morgan fingerprint density at radius 3 is 2.33 bits per heavy atom. The molecular weight excluding hydrogens is 491 g/mol. The van der Waals surface area contributed by atoms with Crippen LogP contribution in [-0.4, -0.2) is 101 Å². The predicted octanol–water partition coefficient (Wildman–Crippen LogP) is 1.70. The summed E-state index contributed by atoms with van der Waals surface area (Å²) in [5, 5.41) is 6.82. The summed E-state index contributed by atoms with van der Waals surface area (Å²) in [5.41, 5.74) is 1.34. The van der Waals surface area contributed by atoms with Crippen molar-refractivity contribution in [3.05, 3.63) is 30.3 Å². The highest BCUT2D eigenvalue weighted by atomic mass is 127. The van der Waals surface area contributed by atoms with Crippen LogP contribution in [0, 0.1) is 0 Å². The number of aliphatic imine (C=N–C) groups is 1. The van der Waals surface area contributed by atoms with E-state index in [9.17, 15) is 0 Å². The molecule has 0 aromatic heterocycles. The SMILES string of the molecule is CCNC(=NCCCN1CCN(c2ccccc2)CC1)NCCN1CCOCC1.I. The summed E-state index contributed by atoms with van der Waals surface area (Å²) in [7, 11) is 0. The van der Waals surface area contributed by atoms with Crippen molar-refractivity contribution in [1.29, 1.82) is 0 Å². The second-order valence-corrected chi connectivity index (χ2v) is 7.66. The van der Waals surface area contributed by atoms with Crippen molar-refractivity contribution in [2.24, 2.45) is 4.99 Å². The summed E-state index contributed by atoms with van der Waals surface area (Å²) in [4.78, 5) is 12.2. The molecule has 7 nitrogen and oxygen atoms in total. The Kier molecular flexibility index (Phi) is 12.4. The van der Waals surface area contributed by atoms with Crippen LogP contribution in [0.3, 0.4) is 0 Å². The smallest absolute Gasteiger partial charge is 0.191 e. The molecule has 1 aromatic carbocycles. The molecule has 2 heterocycles. The van der Waals surface area contributed by atoms with Crippen molar-refractivity contribution in [1.82, 2.24) is 20.4 Å². The molecule has 2 saturated heterocycles. The first-order valence-electron chi connectivity index (χ1n) is 11.2. The zero-order chi connectivity index (χ0) is 20.2. The van der Waals surface area contributed by atoms with Gasteiger partial charge in [-0.25, -0.2) is 0 Å². The Morgan fingerprint density at radius 2 is 1.63 bits per heavy atom. The Morgan fingerprint density at radius 1 is 0.933 bits per heavy atom. The van der Waals surface area contributed by atoms with Crippen LogP contribution in [0.1, 0.15) is 13.3 Å². The Bertz CT molecular complexity index is 589. The summed E-state index contributed by atoms with van der Waals surface area (Å²) >= 11 is 0. The number of morpholine rings is 1. The molecule has 0 saturated carbocycles. The van der Waals surface area contributed by atoms with E-state index in [1.54, 1.807) is 0 Å². The van der Waals surface area contributed by atoms with E-state index in [-0.39, 0.29) is 24.0 Å². The summed E-state index contributed by atoms with van der Waals surface area (Å²) in [6, 6.07) is 10.7. The third kappa shape index (κ3) is 8.95. The highest BCUT2D eigenvalue weighted by Gasteiger charge is 2.16. The van der Waals surface area contributed by atoms with Crippen molar-refractivity contribution >= 4 is 35.6 Å². The number of nitrogens with zero attached hydrogens (tertiary/aromatic N) is 4. The van der Waals surface area contributed by atoms with E-state index in [1.807, 2.05) is 0 Å². The first-order chi connectivity index (χ1) is 14.3. The van der Waals surface area contributed by atoms with Crippen LogP contribution in [0.4, 0.5) is 5.69 Å². The molecule has 0 aliphatic carbocycles. The van der Waals surface area contributed by atoms with Crippen LogP contribution >= 0.6 is 24.0 Å². The van der Waals surface area contributed by atoms with Gasteiger partial charge >= 0.3 is 0 Å². The molecule has 2 N–H and O–H groups in total. The molecule has 2 fully saturated rings. The number of anilines is 1. The largest absolute Gasteiger partial charge is 0.379 e. The van der Waals surface area contributed by atoms with Gasteiger partial charge in [-0.05, 0) is 25.5 Å². The van der Waals surface area contributed by atoms with E-state index in [0.717, 1.165) is 97.6 Å². The molecule has 0 radical (unpaired) electrons. The second-order valence-electron chi connectivity index (χ2n) is 7.66. The molecule has 2 aliphatic heterocycles. The lowest BCUT2D eigenvalue weighted by atomic mass is 10.2. The number of halogens is 1. The molecule has 1 aromatic rings. The molecule has 30 heavy (non-hydrogen) atoms. The van der Waals surface area contributed by atoms with Gasteiger partial charge in [0.2, 0.25) is 0 Å². The monoisotopic (exact) mass is 530 g/mol. The van der Waals surface area contributed by atoms with Crippen LogP contribution in [0.15, 0.2) is 35.3 Å². The maximum Gasteiger partial charge on any atom is 0.191 e. The van der Waals surface area contributed by atoms with Gasteiger partial charge in [-0.15, -0.1) is 24.0 Å². The van der Waals surface area contributed by atoms with Gasteiger partial charge in [0.15, 0.2) is 5.96 Å². The zero-order valence-electron chi connectivity index (χ0n) is 18.4. The van der Waals surface area contributed by atoms with Crippen molar-refractivity contribution < 1.29 is 4.74 Å². The topological polar surface area (TPSA) is 55.4 Å². The second kappa shape index (κ2) is 14.8. The van der Waals surface area contributed by atoms with Crippen molar-refractivity contribution in [2.45, 2.75) is 13.3 Å². The predicted molar refractivity (Wildman–Crippen MR) is 136 cm³/mol. The average Bonchev–Trinajstić information content (AvgIpc) is 2.78. The van der Waals surface area contributed by atoms with E-state index in [4.69, 9.17) is 9.73 Å². The lowest BCUT2D eigenvalue weighted by Gasteiger charge is -2.36. The van der Waals surface area contributed by atoms with Crippen LogP contribution in [0.2, 0.25) is 0 Å². The first-order valence-corrected chi connectivity index (χ1v) is 11.2. The molecule has 0 spiro atoms. The number of nitrogens with one attached hydrogen (secondary N) is 2. The van der Waals surface area contributed by atoms with Gasteiger partial charge in [0.25, 0.3) is 0 Å². The molecule has 0 bridgehead atoms. The molecular formula is C22H39IN6O. The fraction of sp³-hybridized carbons (Fsp3) is 0.682. The van der Waals surface area contributed by atoms with Gasteiger partial charge in [-0.2, -0.15) is 0 Å². The molecule has 0 atom stereocenters. The van der Waals surface area contributed by atoms with Crippen LogP contribution < -0.4 is 15.5 Å². The minimum Gasteiger partial charge on any atom is -0.379 e. The van der Waals surface area contributed by atoms with Gasteiger partial charge in [0.05, 0.1) is 13.2 Å². The third-order valence-corrected chi connectivity index (χ3v) is 5.56. The average molecular weight is 530 g/mol. The molecule has 0 amide bonds. The highest BCUT2D eigenvalue weighted by Crippen LogP contribution is 2.15. The molecule has 170 valence electrons. The highest BCUT2D eigenvalue weighted by molar-refractivity contribution is 14.0. The quantitative estimate of drug-likeness (QED) is 0.220. The molecule has 8 heteroatoms. The maximum absolute atomic E-state index is 5.40. The van der Waals surface area contributed by atoms with E-state index in [2.05, 4.69) is 62.6 Å². The van der Waals surface area contributed by atoms with E-state index in [0.29, 0.717) is 0 Å². The normalized spacial score (nSPS) is 18.7. The summed E-state index contributed by atoms with van der Waals surface area (Å²) in [6.45, 7) is 15.2. The standard InChI is InChI=1S/C22H38N6O.HI/c1-2-23-22(25-10-12-27-17-19-29-20-18-27)24-9-6-11-26-13-15-28(16-14-26)21-7-4-3-5-8-21;/h3-5,7-8H,2,6,9-20H2,1H3,(H2,23,24,25);1H. The lowest BCUT2D eigenvalue weighted by molar-refractivity contribution is 0.0389. The number of guanidine groups is 1. The van der Waals surface area contributed by atoms with Crippen LogP contribution in [0.25, 0.3) is 0 Å². The van der Waals surface area contributed by atoms with Gasteiger partial charge in [-0.1, -0.05) is 18.2 Å². The molecule has 0 unspecified atom stereocenters. The van der Waals surface area contributed by atoms with Crippen LogP contribution in [-0.2, 0) is 4.74 Å². The summed E-state index contributed by atoms with van der Waals surface area (Å²) in [6.07, 6.45) is 1.10. The van der Waals surface area contributed by atoms with Gasteiger partial charge in [0, 0.05) is 77.7 Å². The van der Waals surface area contributed by atoms with Gasteiger partial charge in [0.1, 0.15) is 0 Å². The number of benzene rings is 1. The van der Waals surface area contributed by atoms with Gasteiger partial charge < -0.3 is 20.3 Å². The van der Waals surface area contributed by atoms with Crippen LogP contribution in [0.5, 0.6) is 0 Å². The van der Waals surface area contributed by atoms with E-state index in [1.165, 1.54) is 5.69 Å². The van der Waals surface area contributed by atoms with E-state index >= 15 is 0 Å². The number of para-hydroxylation sites is 1. The number of hydrogen-bond acceptors (Lipinski definition) is 5. The van der Waals surface area contributed by atoms with Crippen molar-refractivity contribution in [2.75, 3.05) is 90.1 Å². The van der Waals surface area contributed by atoms with Crippen molar-refractivity contribution in [3.63, 3.8) is 0 Å². The summed E-state index contributed by atoms with van der Waals surface area (Å²) in [5.74, 6) is 0.939. The zero-order valence-corrected chi connectivity index (χ0v) is 20.7. The lowest BCUT2D eigenvalue weighted by Crippen LogP contribution is -2.46. The Balaban J connectivity index is 0.00000320. The molecule has 2 aliphatic rings. The third-order valence-electron chi connectivity index (χ3n) is 5.56. The van der Waals surface area contributed by atoms with Gasteiger partial charge in [-0.3, -0.25) is 14.8 Å².